The van der Waals surface area contributed by atoms with E-state index in [1.165, 1.54) is 12.0 Å². The predicted molar refractivity (Wildman–Crippen MR) is 119 cm³/mol. The van der Waals surface area contributed by atoms with Crippen LogP contribution in [0.2, 0.25) is 0 Å². The number of para-hydroxylation sites is 1. The molecule has 1 N–H and O–H groups in total. The van der Waals surface area contributed by atoms with Crippen LogP contribution in [0.5, 0.6) is 11.6 Å². The smallest absolute Gasteiger partial charge is 0.311 e. The van der Waals surface area contributed by atoms with Crippen LogP contribution in [0.3, 0.4) is 0 Å². The van der Waals surface area contributed by atoms with Gasteiger partial charge < -0.3 is 19.5 Å². The van der Waals surface area contributed by atoms with E-state index in [-0.39, 0.29) is 12.5 Å². The van der Waals surface area contributed by atoms with Crippen LogP contribution in [0.15, 0.2) is 60.7 Å². The number of aromatic nitrogens is 1. The number of carbonyl (C=O) groups excluding carboxylic acids is 2. The van der Waals surface area contributed by atoms with Gasteiger partial charge in [-0.25, -0.2) is 4.98 Å². The van der Waals surface area contributed by atoms with Crippen molar-refractivity contribution in [3.8, 4) is 22.9 Å². The Morgan fingerprint density at radius 3 is 2.44 bits per heavy atom. The number of benzene rings is 2. The molecule has 7 heteroatoms. The lowest BCUT2D eigenvalue weighted by Crippen LogP contribution is -2.29. The summed E-state index contributed by atoms with van der Waals surface area (Å²) in [7, 11) is 4.73. The number of aliphatic hydroxyl groups is 1. The molecule has 2 atom stereocenters. The minimum Gasteiger partial charge on any atom is -0.469 e. The number of methoxy groups -OCH3 is 1. The van der Waals surface area contributed by atoms with E-state index in [0.717, 1.165) is 11.1 Å². The lowest BCUT2D eigenvalue weighted by atomic mass is 9.79. The number of nitrogens with zero attached hydrogens (tertiary/aromatic N) is 2. The highest BCUT2D eigenvalue weighted by Gasteiger charge is 2.38. The van der Waals surface area contributed by atoms with Gasteiger partial charge in [0.2, 0.25) is 5.88 Å². The van der Waals surface area contributed by atoms with Crippen molar-refractivity contribution in [2.75, 3.05) is 27.8 Å². The zero-order valence-corrected chi connectivity index (χ0v) is 18.1. The molecule has 32 heavy (non-hydrogen) atoms. The van der Waals surface area contributed by atoms with E-state index in [1.807, 2.05) is 48.5 Å². The van der Waals surface area contributed by atoms with Gasteiger partial charge in [-0.2, -0.15) is 0 Å². The van der Waals surface area contributed by atoms with Crippen molar-refractivity contribution >= 4 is 11.9 Å². The van der Waals surface area contributed by atoms with Gasteiger partial charge in [-0.3, -0.25) is 9.59 Å². The second kappa shape index (κ2) is 8.80. The number of esters is 1. The molecule has 4 rings (SSSR count). The maximum absolute atomic E-state index is 12.4. The van der Waals surface area contributed by atoms with Crippen molar-refractivity contribution in [1.29, 1.82) is 0 Å². The molecule has 2 aromatic carbocycles. The molecular formula is C25H24N2O5. The minimum atomic E-state index is -0.784. The van der Waals surface area contributed by atoms with Crippen LogP contribution >= 0.6 is 0 Å². The van der Waals surface area contributed by atoms with Crippen molar-refractivity contribution in [2.24, 2.45) is 5.92 Å². The normalized spacial score (nSPS) is 15.1. The summed E-state index contributed by atoms with van der Waals surface area (Å²) in [6.45, 7) is -0.367. The summed E-state index contributed by atoms with van der Waals surface area (Å²) in [6, 6.07) is 18.3. The predicted octanol–water partition coefficient (Wildman–Crippen LogP) is 3.47. The van der Waals surface area contributed by atoms with Crippen molar-refractivity contribution < 1.29 is 24.2 Å². The highest BCUT2D eigenvalue weighted by Crippen LogP contribution is 2.47. The maximum atomic E-state index is 12.4. The first-order chi connectivity index (χ1) is 15.4. The van der Waals surface area contributed by atoms with E-state index in [0.29, 0.717) is 28.5 Å². The summed E-state index contributed by atoms with van der Waals surface area (Å²) in [4.78, 5) is 30.8. The molecule has 2 unspecified atom stereocenters. The van der Waals surface area contributed by atoms with Gasteiger partial charge in [0.15, 0.2) is 0 Å². The molecule has 0 bridgehead atoms. The zero-order chi connectivity index (χ0) is 22.8. The number of fused-ring (bicyclic) bond motifs is 2. The molecule has 1 aromatic heterocycles. The standard InChI is InChI=1S/C25H24N2O5/c1-27(2)24(29)16-10-8-15(9-11-16)20-13-12-18-22(19(14-28)25(30)31-3)17-6-4-5-7-21(17)32-23(18)26-20/h4-13,19,22,28H,14H2,1-3H3. The minimum absolute atomic E-state index is 0.0735. The number of hydrogen-bond acceptors (Lipinski definition) is 6. The fourth-order valence-electron chi connectivity index (χ4n) is 3.98. The highest BCUT2D eigenvalue weighted by molar-refractivity contribution is 5.94. The lowest BCUT2D eigenvalue weighted by molar-refractivity contribution is -0.147. The molecule has 0 aliphatic carbocycles. The maximum Gasteiger partial charge on any atom is 0.311 e. The third-order valence-electron chi connectivity index (χ3n) is 5.62. The first-order valence-electron chi connectivity index (χ1n) is 10.2. The Morgan fingerprint density at radius 2 is 1.78 bits per heavy atom. The first kappa shape index (κ1) is 21.5. The van der Waals surface area contributed by atoms with Crippen LogP contribution in [-0.2, 0) is 9.53 Å². The topological polar surface area (TPSA) is 89.0 Å². The molecule has 0 radical (unpaired) electrons. The quantitative estimate of drug-likeness (QED) is 0.621. The SMILES string of the molecule is COC(=O)C(CO)C1c2ccccc2Oc2nc(-c3ccc(C(=O)N(C)C)cc3)ccc21. The molecule has 0 saturated carbocycles. The second-order valence-electron chi connectivity index (χ2n) is 7.80. The van der Waals surface area contributed by atoms with Crippen molar-refractivity contribution in [3.63, 3.8) is 0 Å². The van der Waals surface area contributed by atoms with Gasteiger partial charge in [0, 0.05) is 42.3 Å². The van der Waals surface area contributed by atoms with Gasteiger partial charge in [0.25, 0.3) is 5.91 Å². The van der Waals surface area contributed by atoms with E-state index < -0.39 is 17.8 Å². The number of hydrogen-bond donors (Lipinski definition) is 1. The van der Waals surface area contributed by atoms with Crippen LogP contribution in [0.1, 0.15) is 27.4 Å². The molecule has 0 saturated heterocycles. The summed E-state index contributed by atoms with van der Waals surface area (Å²) >= 11 is 0. The van der Waals surface area contributed by atoms with E-state index in [4.69, 9.17) is 14.5 Å². The second-order valence-corrected chi connectivity index (χ2v) is 7.80. The van der Waals surface area contributed by atoms with Crippen LogP contribution in [0, 0.1) is 5.92 Å². The van der Waals surface area contributed by atoms with E-state index >= 15 is 0 Å². The number of rotatable bonds is 5. The average molecular weight is 432 g/mol. The Hall–Kier alpha value is -3.71. The Labute approximate surface area is 186 Å². The molecule has 3 aromatic rings. The number of aliphatic hydroxyl groups excluding tert-OH is 1. The number of ether oxygens (including phenoxy) is 2. The molecule has 2 heterocycles. The molecule has 1 aliphatic heterocycles. The lowest BCUT2D eigenvalue weighted by Gasteiger charge is -2.31. The third-order valence-corrected chi connectivity index (χ3v) is 5.62. The average Bonchev–Trinajstić information content (AvgIpc) is 2.83. The highest BCUT2D eigenvalue weighted by atomic mass is 16.5. The van der Waals surface area contributed by atoms with Crippen LogP contribution in [0.25, 0.3) is 11.3 Å². The van der Waals surface area contributed by atoms with Crippen LogP contribution < -0.4 is 4.74 Å². The van der Waals surface area contributed by atoms with Crippen molar-refractivity contribution in [2.45, 2.75) is 5.92 Å². The van der Waals surface area contributed by atoms with Crippen LogP contribution in [-0.4, -0.2) is 54.7 Å². The Morgan fingerprint density at radius 1 is 1.06 bits per heavy atom. The molecular weight excluding hydrogens is 408 g/mol. The fourth-order valence-corrected chi connectivity index (χ4v) is 3.98. The number of amides is 1. The molecule has 0 spiro atoms. The summed E-state index contributed by atoms with van der Waals surface area (Å²) in [5.41, 5.74) is 3.59. The first-order valence-corrected chi connectivity index (χ1v) is 10.2. The molecule has 7 nitrogen and oxygen atoms in total. The van der Waals surface area contributed by atoms with Crippen LogP contribution in [0.4, 0.5) is 0 Å². The van der Waals surface area contributed by atoms with Crippen molar-refractivity contribution in [3.05, 3.63) is 77.4 Å². The Balaban J connectivity index is 1.75. The number of carbonyl (C=O) groups is 2. The largest absolute Gasteiger partial charge is 0.469 e. The van der Waals surface area contributed by atoms with Gasteiger partial charge in [-0.15, -0.1) is 0 Å². The fraction of sp³-hybridized carbons (Fsp3) is 0.240. The summed E-state index contributed by atoms with van der Waals surface area (Å²) in [5.74, 6) is -0.839. The third kappa shape index (κ3) is 3.83. The molecule has 0 fully saturated rings. The van der Waals surface area contributed by atoms with E-state index in [1.54, 1.807) is 26.2 Å². The summed E-state index contributed by atoms with van der Waals surface area (Å²) < 4.78 is 11.0. The monoisotopic (exact) mass is 432 g/mol. The van der Waals surface area contributed by atoms with E-state index in [2.05, 4.69) is 0 Å². The molecule has 1 amide bonds. The van der Waals surface area contributed by atoms with Gasteiger partial charge >= 0.3 is 5.97 Å². The zero-order valence-electron chi connectivity index (χ0n) is 18.1. The van der Waals surface area contributed by atoms with Gasteiger partial charge in [-0.05, 0) is 24.3 Å². The molecule has 164 valence electrons. The van der Waals surface area contributed by atoms with Crippen molar-refractivity contribution in [1.82, 2.24) is 9.88 Å². The summed E-state index contributed by atoms with van der Waals surface area (Å²) in [5, 5.41) is 9.98. The Bertz CT molecular complexity index is 1160. The van der Waals surface area contributed by atoms with E-state index in [9.17, 15) is 14.7 Å². The van der Waals surface area contributed by atoms with Gasteiger partial charge in [0.05, 0.1) is 25.3 Å². The summed E-state index contributed by atoms with van der Waals surface area (Å²) in [6.07, 6.45) is 0. The van der Waals surface area contributed by atoms with Gasteiger partial charge in [0.1, 0.15) is 5.75 Å². The number of pyridine rings is 1. The Kier molecular flexibility index (Phi) is 5.92. The van der Waals surface area contributed by atoms with Gasteiger partial charge in [-0.1, -0.05) is 36.4 Å². The molecule has 1 aliphatic rings.